The second-order valence-corrected chi connectivity index (χ2v) is 2.06. The number of methoxy groups -OCH3 is 1. The number of H-pyrrole nitrogens is 1. The summed E-state index contributed by atoms with van der Waals surface area (Å²) in [6, 6.07) is 1.66. The van der Waals surface area contributed by atoms with Crippen molar-refractivity contribution in [2.75, 3.05) is 7.11 Å². The van der Waals surface area contributed by atoms with Gasteiger partial charge in [0.2, 0.25) is 0 Å². The van der Waals surface area contributed by atoms with Gasteiger partial charge in [0.1, 0.15) is 7.12 Å². The highest BCUT2D eigenvalue weighted by Gasteiger charge is 1.96. The van der Waals surface area contributed by atoms with Gasteiger partial charge in [0.05, 0.1) is 27.2 Å². The third kappa shape index (κ3) is 0.941. The maximum absolute atomic E-state index is 7.68. The average molecular weight is 151 g/mol. The van der Waals surface area contributed by atoms with Crippen molar-refractivity contribution < 1.29 is 8.85 Å². The van der Waals surface area contributed by atoms with Gasteiger partial charge in [0, 0.05) is 6.04 Å². The quantitative estimate of drug-likeness (QED) is 0.671. The summed E-state index contributed by atoms with van der Waals surface area (Å²) in [5, 5.41) is 0. The van der Waals surface area contributed by atoms with E-state index in [4.69, 9.17) is 8.85 Å². The first-order chi connectivity index (χ1) is 6.63. The van der Waals surface area contributed by atoms with E-state index in [9.17, 15) is 0 Å². The lowest BCUT2D eigenvalue weighted by Gasteiger charge is -1.96. The van der Waals surface area contributed by atoms with Gasteiger partial charge in [-0.25, -0.2) is 4.98 Å². The molecule has 1 aromatic heterocycles. The van der Waals surface area contributed by atoms with Gasteiger partial charge < -0.3 is 9.72 Å². The minimum absolute atomic E-state index is 0.0128. The third-order valence-corrected chi connectivity index (χ3v) is 1.40. The van der Waals surface area contributed by atoms with Crippen LogP contribution in [0.1, 0.15) is 4.11 Å². The highest BCUT2D eigenvalue weighted by atomic mass is 16.5. The first-order valence-corrected chi connectivity index (χ1v) is 3.14. The van der Waals surface area contributed by atoms with Crippen molar-refractivity contribution >= 4 is 11.0 Å². The molecule has 0 radical (unpaired) electrons. The van der Waals surface area contributed by atoms with Crippen LogP contribution < -0.4 is 4.74 Å². The molecule has 2 rings (SSSR count). The third-order valence-electron chi connectivity index (χ3n) is 1.40. The Morgan fingerprint density at radius 1 is 1.73 bits per heavy atom. The molecule has 0 saturated carbocycles. The molecule has 0 amide bonds. The second kappa shape index (κ2) is 2.27. The van der Waals surface area contributed by atoms with E-state index < -0.39 is 0 Å². The summed E-state index contributed by atoms with van der Waals surface area (Å²) >= 11 is 0. The van der Waals surface area contributed by atoms with Crippen molar-refractivity contribution in [3.05, 3.63) is 24.5 Å². The van der Waals surface area contributed by atoms with E-state index in [0.29, 0.717) is 11.0 Å². The Labute approximate surface area is 68.2 Å². The SMILES string of the molecule is [2H]c1nc2c([2H])c(OC)c([2H])cc2[nH]1. The highest BCUT2D eigenvalue weighted by Crippen LogP contribution is 2.16. The number of rotatable bonds is 1. The monoisotopic (exact) mass is 151 g/mol. The first kappa shape index (κ1) is 3.76. The van der Waals surface area contributed by atoms with Crippen LogP contribution in [-0.4, -0.2) is 17.1 Å². The first-order valence-electron chi connectivity index (χ1n) is 4.64. The predicted molar refractivity (Wildman–Crippen MR) is 42.6 cm³/mol. The van der Waals surface area contributed by atoms with Crippen LogP contribution in [0.5, 0.6) is 5.75 Å². The van der Waals surface area contributed by atoms with Crippen molar-refractivity contribution in [3.63, 3.8) is 0 Å². The molecule has 11 heavy (non-hydrogen) atoms. The van der Waals surface area contributed by atoms with Crippen LogP contribution in [0.4, 0.5) is 0 Å². The number of hydrogen-bond donors (Lipinski definition) is 1. The number of aromatic amines is 1. The molecule has 0 atom stereocenters. The molecule has 0 saturated heterocycles. The summed E-state index contributed by atoms with van der Waals surface area (Å²) in [6.45, 7) is 0. The normalized spacial score (nSPS) is 14.1. The maximum atomic E-state index is 7.68. The fraction of sp³-hybridized carbons (Fsp3) is 0.125. The summed E-state index contributed by atoms with van der Waals surface area (Å²) in [5.41, 5.74) is 0.883. The number of ether oxygens (including phenoxy) is 1. The van der Waals surface area contributed by atoms with Crippen molar-refractivity contribution in [1.29, 1.82) is 0 Å². The molecule has 0 aliphatic rings. The van der Waals surface area contributed by atoms with Crippen LogP contribution in [-0.2, 0) is 0 Å². The zero-order chi connectivity index (χ0) is 10.3. The standard InChI is InChI=1S/C8H8N2O/c1-11-6-2-3-7-8(4-6)10-5-9-7/h2-5H,1H3,(H,9,10)/i2D,4D,5D. The van der Waals surface area contributed by atoms with Crippen molar-refractivity contribution in [2.24, 2.45) is 0 Å². The fourth-order valence-electron chi connectivity index (χ4n) is 0.855. The summed E-state index contributed by atoms with van der Waals surface area (Å²) in [4.78, 5) is 6.47. The van der Waals surface area contributed by atoms with Crippen LogP contribution in [0, 0.1) is 0 Å². The molecule has 0 aliphatic carbocycles. The van der Waals surface area contributed by atoms with E-state index in [1.54, 1.807) is 0 Å². The van der Waals surface area contributed by atoms with Gasteiger partial charge in [-0.3, -0.25) is 0 Å². The summed E-state index contributed by atoms with van der Waals surface area (Å²) in [5.74, 6) is 0.184. The van der Waals surface area contributed by atoms with Crippen molar-refractivity contribution in [2.45, 2.75) is 0 Å². The molecule has 0 unspecified atom stereocenters. The topological polar surface area (TPSA) is 37.9 Å². The molecule has 2 aromatic rings. The minimum Gasteiger partial charge on any atom is -0.497 e. The number of benzene rings is 1. The number of hydrogen-bond acceptors (Lipinski definition) is 2. The smallest absolute Gasteiger partial charge is 0.121 e. The van der Waals surface area contributed by atoms with Crippen molar-refractivity contribution in [1.82, 2.24) is 9.97 Å². The van der Waals surface area contributed by atoms with Gasteiger partial charge in [-0.05, 0) is 12.1 Å². The molecule has 0 aliphatic heterocycles. The van der Waals surface area contributed by atoms with Crippen molar-refractivity contribution in [3.8, 4) is 5.75 Å². The molecule has 0 fully saturated rings. The largest absolute Gasteiger partial charge is 0.497 e. The molecule has 1 aromatic carbocycles. The molecule has 0 bridgehead atoms. The molecule has 56 valence electrons. The van der Waals surface area contributed by atoms with Crippen LogP contribution in [0.3, 0.4) is 0 Å². The molecular weight excluding hydrogens is 140 g/mol. The number of nitrogens with zero attached hydrogens (tertiary/aromatic N) is 1. The summed E-state index contributed by atoms with van der Waals surface area (Å²) < 4.78 is 27.4. The van der Waals surface area contributed by atoms with E-state index in [1.165, 1.54) is 13.2 Å². The molecular formula is C8H8N2O. The average Bonchev–Trinajstić information content (AvgIpc) is 2.47. The summed E-state index contributed by atoms with van der Waals surface area (Å²) in [6.07, 6.45) is -0.0128. The Morgan fingerprint density at radius 3 is 3.45 bits per heavy atom. The molecule has 3 heteroatoms. The Morgan fingerprint density at radius 2 is 2.64 bits per heavy atom. The van der Waals surface area contributed by atoms with Gasteiger partial charge in [-0.15, -0.1) is 0 Å². The summed E-state index contributed by atoms with van der Waals surface area (Å²) in [7, 11) is 1.41. The highest BCUT2D eigenvalue weighted by molar-refractivity contribution is 5.75. The Hall–Kier alpha value is -1.51. The zero-order valence-corrected chi connectivity index (χ0v) is 5.93. The lowest BCUT2D eigenvalue weighted by molar-refractivity contribution is 0.415. The van der Waals surface area contributed by atoms with E-state index in [0.717, 1.165) is 0 Å². The molecule has 1 heterocycles. The van der Waals surface area contributed by atoms with E-state index in [1.807, 2.05) is 0 Å². The van der Waals surface area contributed by atoms with Crippen LogP contribution in [0.2, 0.25) is 0 Å². The number of imidazole rings is 1. The van der Waals surface area contributed by atoms with Crippen LogP contribution >= 0.6 is 0 Å². The molecule has 1 N–H and O–H groups in total. The molecule has 3 nitrogen and oxygen atoms in total. The number of nitrogens with one attached hydrogen (secondary N) is 1. The number of fused-ring (bicyclic) bond motifs is 1. The minimum atomic E-state index is -0.0128. The van der Waals surface area contributed by atoms with Crippen LogP contribution in [0.15, 0.2) is 24.5 Å². The second-order valence-electron chi connectivity index (χ2n) is 2.06. The fourth-order valence-corrected chi connectivity index (χ4v) is 0.855. The van der Waals surface area contributed by atoms with Crippen LogP contribution in [0.25, 0.3) is 11.0 Å². The number of aromatic nitrogens is 2. The predicted octanol–water partition coefficient (Wildman–Crippen LogP) is 1.57. The Kier molecular flexibility index (Phi) is 0.775. The lowest BCUT2D eigenvalue weighted by Crippen LogP contribution is -1.80. The van der Waals surface area contributed by atoms with E-state index in [-0.39, 0.29) is 24.1 Å². The Balaban J connectivity index is 2.84. The lowest BCUT2D eigenvalue weighted by atomic mass is 10.3. The maximum Gasteiger partial charge on any atom is 0.121 e. The van der Waals surface area contributed by atoms with Gasteiger partial charge in [0.15, 0.2) is 0 Å². The van der Waals surface area contributed by atoms with Gasteiger partial charge in [-0.2, -0.15) is 0 Å². The van der Waals surface area contributed by atoms with E-state index in [2.05, 4.69) is 9.97 Å². The van der Waals surface area contributed by atoms with E-state index >= 15 is 0 Å². The van der Waals surface area contributed by atoms with Gasteiger partial charge >= 0.3 is 0 Å². The molecule has 0 spiro atoms. The Bertz CT molecular complexity index is 495. The zero-order valence-electron chi connectivity index (χ0n) is 8.93. The van der Waals surface area contributed by atoms with Gasteiger partial charge in [-0.1, -0.05) is 0 Å². The van der Waals surface area contributed by atoms with Gasteiger partial charge in [0.25, 0.3) is 0 Å².